The van der Waals surface area contributed by atoms with Crippen molar-refractivity contribution in [2.75, 3.05) is 6.54 Å². The van der Waals surface area contributed by atoms with E-state index in [1.165, 1.54) is 6.07 Å². The molecule has 0 aliphatic carbocycles. The van der Waals surface area contributed by atoms with Crippen molar-refractivity contribution in [3.05, 3.63) is 16.3 Å². The molecule has 1 unspecified atom stereocenters. The van der Waals surface area contributed by atoms with Crippen LogP contribution in [0.2, 0.25) is 0 Å². The van der Waals surface area contributed by atoms with Crippen LogP contribution in [0.4, 0.5) is 0 Å². The van der Waals surface area contributed by atoms with Crippen LogP contribution in [0, 0.1) is 0 Å². The Morgan fingerprint density at radius 1 is 1.62 bits per heavy atom. The first kappa shape index (κ1) is 12.5. The zero-order valence-corrected chi connectivity index (χ0v) is 9.84. The molecule has 2 N–H and O–H groups in total. The van der Waals surface area contributed by atoms with Crippen LogP contribution < -0.4 is 10.1 Å². The van der Waals surface area contributed by atoms with Crippen LogP contribution in [0.25, 0.3) is 0 Å². The number of likely N-dealkylation sites (N-methyl/N-ethyl adjacent to an activating group) is 1. The fourth-order valence-corrected chi connectivity index (χ4v) is 1.72. The van der Waals surface area contributed by atoms with Crippen LogP contribution in [0.5, 0.6) is 5.75 Å². The number of thiophene rings is 1. The molecule has 16 heavy (non-hydrogen) atoms. The largest absolute Gasteiger partial charge is 0.480 e. The Hall–Kier alpha value is -1.56. The van der Waals surface area contributed by atoms with Crippen LogP contribution in [-0.4, -0.2) is 29.6 Å². The monoisotopic (exact) mass is 243 g/mol. The van der Waals surface area contributed by atoms with Crippen molar-refractivity contribution in [2.24, 2.45) is 0 Å². The molecule has 0 bridgehead atoms. The van der Waals surface area contributed by atoms with Crippen molar-refractivity contribution >= 4 is 23.2 Å². The molecular formula is C10H13NO4S. The smallest absolute Gasteiger partial charge is 0.346 e. The van der Waals surface area contributed by atoms with Gasteiger partial charge in [0, 0.05) is 18.0 Å². The van der Waals surface area contributed by atoms with Gasteiger partial charge in [0.1, 0.15) is 10.6 Å². The van der Waals surface area contributed by atoms with Gasteiger partial charge in [-0.05, 0) is 13.8 Å². The normalized spacial score (nSPS) is 11.9. The first-order chi connectivity index (χ1) is 7.54. The molecule has 1 atom stereocenters. The molecule has 1 rings (SSSR count). The summed E-state index contributed by atoms with van der Waals surface area (Å²) < 4.78 is 5.29. The molecule has 0 fully saturated rings. The maximum Gasteiger partial charge on any atom is 0.346 e. The van der Waals surface area contributed by atoms with Crippen LogP contribution in [0.15, 0.2) is 11.4 Å². The first-order valence-corrected chi connectivity index (χ1v) is 5.68. The summed E-state index contributed by atoms with van der Waals surface area (Å²) in [5, 5.41) is 12.9. The Labute approximate surface area is 97.0 Å². The number of carbonyl (C=O) groups is 2. The number of carboxylic acid groups (broad SMARTS) is 1. The maximum atomic E-state index is 11.3. The van der Waals surface area contributed by atoms with E-state index in [0.29, 0.717) is 12.3 Å². The van der Waals surface area contributed by atoms with Crippen molar-refractivity contribution in [1.82, 2.24) is 5.32 Å². The zero-order valence-electron chi connectivity index (χ0n) is 9.02. The topological polar surface area (TPSA) is 75.6 Å². The van der Waals surface area contributed by atoms with Gasteiger partial charge in [-0.3, -0.25) is 4.79 Å². The molecule has 1 aromatic heterocycles. The van der Waals surface area contributed by atoms with E-state index in [1.54, 1.807) is 12.3 Å². The second-order valence-electron chi connectivity index (χ2n) is 3.11. The second-order valence-corrected chi connectivity index (χ2v) is 4.02. The Bertz CT molecular complexity index is 388. The van der Waals surface area contributed by atoms with Crippen molar-refractivity contribution in [3.63, 3.8) is 0 Å². The van der Waals surface area contributed by atoms with Crippen molar-refractivity contribution in [2.45, 2.75) is 20.0 Å². The third-order valence-corrected chi connectivity index (χ3v) is 2.72. The molecule has 0 spiro atoms. The molecule has 6 heteroatoms. The number of carboxylic acids is 1. The minimum absolute atomic E-state index is 0.193. The molecule has 0 aliphatic rings. The highest BCUT2D eigenvalue weighted by Gasteiger charge is 2.15. The first-order valence-electron chi connectivity index (χ1n) is 4.80. The van der Waals surface area contributed by atoms with Gasteiger partial charge in [0.15, 0.2) is 6.10 Å². The molecule has 5 nitrogen and oxygen atoms in total. The van der Waals surface area contributed by atoms with Crippen molar-refractivity contribution in [3.8, 4) is 5.75 Å². The summed E-state index contributed by atoms with van der Waals surface area (Å²) in [6.45, 7) is 3.97. The predicted molar refractivity (Wildman–Crippen MR) is 60.1 cm³/mol. The number of carbonyl (C=O) groups excluding carboxylic acids is 1. The second kappa shape index (κ2) is 5.50. The van der Waals surface area contributed by atoms with Gasteiger partial charge >= 0.3 is 5.97 Å². The Balaban J connectivity index is 2.59. The highest BCUT2D eigenvalue weighted by Crippen LogP contribution is 2.22. The standard InChI is InChI=1S/C10H13NO4S/c1-3-11-9(12)6(2)15-7-4-8(10(13)14)16-5-7/h4-6H,3H2,1-2H3,(H,11,12)(H,13,14). The lowest BCUT2D eigenvalue weighted by Gasteiger charge is -2.12. The molecule has 88 valence electrons. The van der Waals surface area contributed by atoms with Gasteiger partial charge in [-0.25, -0.2) is 4.79 Å². The number of hydrogen-bond acceptors (Lipinski definition) is 4. The summed E-state index contributed by atoms with van der Waals surface area (Å²) in [4.78, 5) is 22.1. The van der Waals surface area contributed by atoms with Gasteiger partial charge in [-0.15, -0.1) is 11.3 Å². The molecule has 0 aliphatic heterocycles. The molecule has 1 amide bonds. The lowest BCUT2D eigenvalue weighted by atomic mass is 10.3. The third-order valence-electron chi connectivity index (χ3n) is 1.82. The van der Waals surface area contributed by atoms with Crippen molar-refractivity contribution in [1.29, 1.82) is 0 Å². The van der Waals surface area contributed by atoms with Gasteiger partial charge in [0.05, 0.1) is 0 Å². The minimum atomic E-state index is -0.995. The van der Waals surface area contributed by atoms with Gasteiger partial charge in [0.2, 0.25) is 0 Å². The fraction of sp³-hybridized carbons (Fsp3) is 0.400. The Morgan fingerprint density at radius 3 is 2.81 bits per heavy atom. The van der Waals surface area contributed by atoms with Gasteiger partial charge in [-0.2, -0.15) is 0 Å². The molecule has 0 saturated carbocycles. The molecule has 1 heterocycles. The summed E-state index contributed by atoms with van der Waals surface area (Å²) in [6.07, 6.45) is -0.629. The van der Waals surface area contributed by atoms with E-state index >= 15 is 0 Å². The summed E-state index contributed by atoms with van der Waals surface area (Å²) in [7, 11) is 0. The van der Waals surface area contributed by atoms with Crippen LogP contribution in [0.1, 0.15) is 23.5 Å². The molecular weight excluding hydrogens is 230 g/mol. The fourth-order valence-electron chi connectivity index (χ4n) is 1.07. The zero-order chi connectivity index (χ0) is 12.1. The summed E-state index contributed by atoms with van der Waals surface area (Å²) in [5.74, 6) is -0.808. The van der Waals surface area contributed by atoms with Gasteiger partial charge < -0.3 is 15.2 Å². The van der Waals surface area contributed by atoms with E-state index < -0.39 is 12.1 Å². The number of hydrogen-bond donors (Lipinski definition) is 2. The van der Waals surface area contributed by atoms with E-state index in [9.17, 15) is 9.59 Å². The van der Waals surface area contributed by atoms with Gasteiger partial charge in [0.25, 0.3) is 5.91 Å². The highest BCUT2D eigenvalue weighted by molar-refractivity contribution is 7.12. The number of ether oxygens (including phenoxy) is 1. The molecule has 0 aromatic carbocycles. The summed E-state index contributed by atoms with van der Waals surface area (Å²) in [6, 6.07) is 1.41. The lowest BCUT2D eigenvalue weighted by molar-refractivity contribution is -0.127. The number of nitrogens with one attached hydrogen (secondary N) is 1. The minimum Gasteiger partial charge on any atom is -0.480 e. The maximum absolute atomic E-state index is 11.3. The van der Waals surface area contributed by atoms with Crippen LogP contribution in [-0.2, 0) is 4.79 Å². The van der Waals surface area contributed by atoms with E-state index in [0.717, 1.165) is 11.3 Å². The van der Waals surface area contributed by atoms with E-state index in [-0.39, 0.29) is 10.8 Å². The van der Waals surface area contributed by atoms with E-state index in [1.807, 2.05) is 6.92 Å². The van der Waals surface area contributed by atoms with E-state index in [4.69, 9.17) is 9.84 Å². The van der Waals surface area contributed by atoms with E-state index in [2.05, 4.69) is 5.32 Å². The van der Waals surface area contributed by atoms with Gasteiger partial charge in [-0.1, -0.05) is 0 Å². The Kier molecular flexibility index (Phi) is 4.30. The average Bonchev–Trinajstić information content (AvgIpc) is 2.66. The van der Waals surface area contributed by atoms with Crippen LogP contribution in [0.3, 0.4) is 0 Å². The highest BCUT2D eigenvalue weighted by atomic mass is 32.1. The third kappa shape index (κ3) is 3.23. The number of rotatable bonds is 5. The molecule has 1 aromatic rings. The SMILES string of the molecule is CCNC(=O)C(C)Oc1csc(C(=O)O)c1. The molecule has 0 saturated heterocycles. The predicted octanol–water partition coefficient (Wildman–Crippen LogP) is 1.35. The summed E-state index contributed by atoms with van der Waals surface area (Å²) >= 11 is 1.07. The van der Waals surface area contributed by atoms with Crippen LogP contribution >= 0.6 is 11.3 Å². The molecule has 0 radical (unpaired) electrons. The average molecular weight is 243 g/mol. The van der Waals surface area contributed by atoms with Crippen molar-refractivity contribution < 1.29 is 19.4 Å². The quantitative estimate of drug-likeness (QED) is 0.818. The number of amides is 1. The Morgan fingerprint density at radius 2 is 2.31 bits per heavy atom. The summed E-state index contributed by atoms with van der Waals surface area (Å²) in [5.41, 5.74) is 0. The lowest BCUT2D eigenvalue weighted by Crippen LogP contribution is -2.35. The number of aromatic carboxylic acids is 1.